The Hall–Kier alpha value is -2.50. The number of nitrogens with zero attached hydrogens (tertiary/aromatic N) is 2. The highest BCUT2D eigenvalue weighted by molar-refractivity contribution is 5.75. The highest BCUT2D eigenvalue weighted by Gasteiger charge is 1.95. The molecule has 0 aliphatic rings. The Bertz CT molecular complexity index is 471. The molecule has 6 heteroatoms. The van der Waals surface area contributed by atoms with Crippen molar-refractivity contribution in [1.29, 1.82) is 0 Å². The first-order chi connectivity index (χ1) is 7.84. The van der Waals surface area contributed by atoms with Crippen molar-refractivity contribution in [2.24, 2.45) is 5.16 Å². The molecule has 0 aliphatic carbocycles. The third-order valence-electron chi connectivity index (χ3n) is 1.63. The van der Waals surface area contributed by atoms with E-state index in [9.17, 15) is 5.21 Å². The minimum Gasteiger partial charge on any atom is -0.461 e. The normalized spacial score (nSPS) is 12.1. The highest BCUT2D eigenvalue weighted by Crippen LogP contribution is 1.97. The summed E-state index contributed by atoms with van der Waals surface area (Å²) in [5, 5.41) is 14.5. The Labute approximate surface area is 90.6 Å². The topological polar surface area (TPSA) is 73.9 Å². The van der Waals surface area contributed by atoms with E-state index in [2.05, 4.69) is 10.1 Å². The average molecular weight is 220 g/mol. The first-order valence-electron chi connectivity index (χ1n) is 4.43. The van der Waals surface area contributed by atoms with Gasteiger partial charge in [0.2, 0.25) is 6.21 Å². The Balaban J connectivity index is 1.91. The Morgan fingerprint density at radius 2 is 1.88 bits per heavy atom. The van der Waals surface area contributed by atoms with E-state index in [4.69, 9.17) is 8.83 Å². The molecule has 0 aromatic carbocycles. The van der Waals surface area contributed by atoms with Gasteiger partial charge in [-0.25, -0.2) is 0 Å². The Kier molecular flexibility index (Phi) is 3.03. The van der Waals surface area contributed by atoms with Gasteiger partial charge in [-0.15, -0.1) is 0 Å². The summed E-state index contributed by atoms with van der Waals surface area (Å²) in [4.78, 5) is 4.64. The van der Waals surface area contributed by atoms with Crippen molar-refractivity contribution < 1.29 is 18.7 Å². The van der Waals surface area contributed by atoms with Gasteiger partial charge in [0.05, 0.1) is 12.5 Å². The monoisotopic (exact) mass is 220 g/mol. The maximum Gasteiger partial charge on any atom is 0.204 e. The molecule has 0 N–H and O–H groups in total. The molecule has 2 aromatic rings. The molecule has 0 radical (unpaired) electrons. The predicted octanol–water partition coefficient (Wildman–Crippen LogP) is 1.77. The maximum atomic E-state index is 11.1. The number of hydrogen-bond acceptors (Lipinski definition) is 5. The van der Waals surface area contributed by atoms with Crippen LogP contribution in [0.1, 0.15) is 11.5 Å². The second kappa shape index (κ2) is 4.83. The number of furan rings is 2. The van der Waals surface area contributed by atoms with Gasteiger partial charge in [-0.1, -0.05) is 0 Å². The summed E-state index contributed by atoms with van der Waals surface area (Å²) < 4.78 is 9.85. The van der Waals surface area contributed by atoms with E-state index < -0.39 is 0 Å². The van der Waals surface area contributed by atoms with Gasteiger partial charge in [0.15, 0.2) is 17.7 Å². The van der Waals surface area contributed by atoms with Crippen LogP contribution in [0, 0.1) is 5.21 Å². The molecule has 0 amide bonds. The van der Waals surface area contributed by atoms with Gasteiger partial charge in [-0.05, 0) is 29.2 Å². The zero-order chi connectivity index (χ0) is 11.2. The summed E-state index contributed by atoms with van der Waals surface area (Å²) in [6.07, 6.45) is 5.33. The van der Waals surface area contributed by atoms with Gasteiger partial charge in [0, 0.05) is 5.16 Å². The van der Waals surface area contributed by atoms with E-state index in [1.54, 1.807) is 24.3 Å². The quantitative estimate of drug-likeness (QED) is 0.447. The van der Waals surface area contributed by atoms with Crippen LogP contribution in [0.25, 0.3) is 0 Å². The minimum absolute atomic E-state index is 0.179. The van der Waals surface area contributed by atoms with Crippen LogP contribution in [0.5, 0.6) is 0 Å². The fourth-order valence-corrected chi connectivity index (χ4v) is 0.979. The van der Waals surface area contributed by atoms with Crippen LogP contribution < -0.4 is 0 Å². The van der Waals surface area contributed by atoms with Gasteiger partial charge >= 0.3 is 0 Å². The van der Waals surface area contributed by atoms with Crippen LogP contribution in [0.2, 0.25) is 0 Å². The predicted molar refractivity (Wildman–Crippen MR) is 54.9 cm³/mol. The largest absolute Gasteiger partial charge is 0.461 e. The van der Waals surface area contributed by atoms with E-state index in [0.29, 0.717) is 11.5 Å². The lowest BCUT2D eigenvalue weighted by molar-refractivity contribution is -0.740. The first-order valence-corrected chi connectivity index (χ1v) is 4.43. The molecule has 82 valence electrons. The standard InChI is InChI=1S/C10H8N2O4/c13-12(8-10-4-2-6-15-10)16-11-7-9-3-1-5-14-9/h1-8H/b11-7+,12-8+. The molecule has 0 saturated carbocycles. The summed E-state index contributed by atoms with van der Waals surface area (Å²) in [7, 11) is 0. The third kappa shape index (κ3) is 2.74. The summed E-state index contributed by atoms with van der Waals surface area (Å²) >= 11 is 0. The summed E-state index contributed by atoms with van der Waals surface area (Å²) in [6, 6.07) is 6.65. The van der Waals surface area contributed by atoms with Gasteiger partial charge in [-0.3, -0.25) is 4.94 Å². The van der Waals surface area contributed by atoms with Crippen LogP contribution in [0.4, 0.5) is 0 Å². The molecule has 0 spiro atoms. The summed E-state index contributed by atoms with van der Waals surface area (Å²) in [5.41, 5.74) is 0. The van der Waals surface area contributed by atoms with E-state index in [0.717, 1.165) is 6.21 Å². The van der Waals surface area contributed by atoms with E-state index in [-0.39, 0.29) is 4.90 Å². The molecule has 0 bridgehead atoms. The van der Waals surface area contributed by atoms with Gasteiger partial charge in [0.1, 0.15) is 0 Å². The van der Waals surface area contributed by atoms with Crippen molar-refractivity contribution in [3.8, 4) is 0 Å². The van der Waals surface area contributed by atoms with Crippen LogP contribution in [-0.2, 0) is 4.94 Å². The summed E-state index contributed by atoms with van der Waals surface area (Å²) in [6.45, 7) is 0. The molecule has 2 rings (SSSR count). The van der Waals surface area contributed by atoms with Crippen molar-refractivity contribution in [3.05, 3.63) is 53.5 Å². The highest BCUT2D eigenvalue weighted by atomic mass is 16.9. The van der Waals surface area contributed by atoms with Crippen LogP contribution >= 0.6 is 0 Å². The first kappa shape index (κ1) is 10.0. The van der Waals surface area contributed by atoms with Crippen molar-refractivity contribution in [1.82, 2.24) is 0 Å². The van der Waals surface area contributed by atoms with Crippen molar-refractivity contribution in [2.45, 2.75) is 0 Å². The van der Waals surface area contributed by atoms with Crippen LogP contribution in [-0.4, -0.2) is 17.3 Å². The molecule has 2 heterocycles. The average Bonchev–Trinajstić information content (AvgIpc) is 2.90. The summed E-state index contributed by atoms with van der Waals surface area (Å²) in [5.74, 6) is 0.870. The lowest BCUT2D eigenvalue weighted by atomic mass is 10.5. The zero-order valence-corrected chi connectivity index (χ0v) is 8.15. The zero-order valence-electron chi connectivity index (χ0n) is 8.15. The van der Waals surface area contributed by atoms with Crippen molar-refractivity contribution in [2.75, 3.05) is 0 Å². The van der Waals surface area contributed by atoms with Crippen LogP contribution in [0.3, 0.4) is 0 Å². The molecule has 0 atom stereocenters. The SMILES string of the molecule is [O-]/[N+](=C\c1ccco1)O/N=C/c1ccco1. The Morgan fingerprint density at radius 1 is 1.19 bits per heavy atom. The van der Waals surface area contributed by atoms with Crippen LogP contribution in [0.15, 0.2) is 50.8 Å². The second-order valence-corrected chi connectivity index (χ2v) is 2.76. The smallest absolute Gasteiger partial charge is 0.204 e. The molecule has 6 nitrogen and oxygen atoms in total. The lowest BCUT2D eigenvalue weighted by Crippen LogP contribution is -2.02. The molecule has 0 saturated heterocycles. The van der Waals surface area contributed by atoms with E-state index >= 15 is 0 Å². The molecule has 2 aromatic heterocycles. The third-order valence-corrected chi connectivity index (χ3v) is 1.63. The number of oxime groups is 1. The maximum absolute atomic E-state index is 11.1. The van der Waals surface area contributed by atoms with Crippen molar-refractivity contribution >= 4 is 12.4 Å². The fourth-order valence-electron chi connectivity index (χ4n) is 0.979. The second-order valence-electron chi connectivity index (χ2n) is 2.76. The van der Waals surface area contributed by atoms with E-state index in [1.165, 1.54) is 18.7 Å². The number of hydrogen-bond donors (Lipinski definition) is 0. The molecule has 16 heavy (non-hydrogen) atoms. The molecule has 0 fully saturated rings. The Morgan fingerprint density at radius 3 is 2.50 bits per heavy atom. The minimum atomic E-state index is 0.179. The fraction of sp³-hybridized carbons (Fsp3) is 0. The van der Waals surface area contributed by atoms with E-state index in [1.807, 2.05) is 0 Å². The van der Waals surface area contributed by atoms with Gasteiger partial charge in [-0.2, -0.15) is 0 Å². The molecular weight excluding hydrogens is 212 g/mol. The lowest BCUT2D eigenvalue weighted by Gasteiger charge is -1.96. The number of rotatable bonds is 4. The van der Waals surface area contributed by atoms with Crippen molar-refractivity contribution in [3.63, 3.8) is 0 Å². The van der Waals surface area contributed by atoms with Gasteiger partial charge in [0.25, 0.3) is 0 Å². The van der Waals surface area contributed by atoms with Gasteiger partial charge < -0.3 is 14.0 Å². The molecule has 0 unspecified atom stereocenters. The molecule has 0 aliphatic heterocycles. The molecular formula is C10H8N2O4.